The Kier molecular flexibility index (Phi) is 8.79. The number of ether oxygens (including phenoxy) is 1. The smallest absolute Gasteiger partial charge is 0.407 e. The monoisotopic (exact) mass is 510 g/mol. The van der Waals surface area contributed by atoms with E-state index in [1.165, 1.54) is 30.9 Å². The molecule has 0 radical (unpaired) electrons. The number of benzene rings is 1. The van der Waals surface area contributed by atoms with E-state index in [0.717, 1.165) is 10.4 Å². The predicted molar refractivity (Wildman–Crippen MR) is 127 cm³/mol. The maximum atomic E-state index is 14.4. The summed E-state index contributed by atoms with van der Waals surface area (Å²) in [5.41, 5.74) is 0.623. The van der Waals surface area contributed by atoms with Gasteiger partial charge in [-0.2, -0.15) is 5.10 Å². The van der Waals surface area contributed by atoms with Crippen molar-refractivity contribution in [3.05, 3.63) is 58.7 Å². The molecule has 0 spiro atoms. The molecule has 2 rings (SSSR count). The molecule has 0 saturated heterocycles. The van der Waals surface area contributed by atoms with E-state index in [-0.39, 0.29) is 30.1 Å². The average molecular weight is 511 g/mol. The summed E-state index contributed by atoms with van der Waals surface area (Å²) in [6, 6.07) is 6.10. The Balaban J connectivity index is 2.18. The van der Waals surface area contributed by atoms with Crippen LogP contribution in [0.1, 0.15) is 48.1 Å². The highest BCUT2D eigenvalue weighted by atomic mass is 32.2. The van der Waals surface area contributed by atoms with Crippen molar-refractivity contribution in [1.29, 1.82) is 0 Å². The largest absolute Gasteiger partial charge is 0.476 e. The van der Waals surface area contributed by atoms with Crippen LogP contribution in [0.25, 0.3) is 0 Å². The molecule has 0 fully saturated rings. The Morgan fingerprint density at radius 3 is 2.34 bits per heavy atom. The standard InChI is InChI=1S/C23H31FN4O6S/c1-15-19(13-16-7-9-18(10-8-16)35(32,33)27(5)6)20(21(29)30)26-28(15)14-17(24)11-12-25-22(31)34-23(2,3)4/h7-11H,12-14H2,1-6H3,(H,25,31)(H,29,30). The predicted octanol–water partition coefficient (Wildman–Crippen LogP) is 3.11. The Hall–Kier alpha value is -3.25. The summed E-state index contributed by atoms with van der Waals surface area (Å²) in [7, 11) is -0.723. The van der Waals surface area contributed by atoms with Crippen molar-refractivity contribution in [3.8, 4) is 0 Å². The molecule has 2 N–H and O–H groups in total. The fraction of sp³-hybridized carbons (Fsp3) is 0.435. The van der Waals surface area contributed by atoms with Crippen LogP contribution in [0.2, 0.25) is 0 Å². The SMILES string of the molecule is Cc1c(Cc2ccc(S(=O)(=O)N(C)C)cc2)c(C(=O)O)nn1CC(F)=CCNC(=O)OC(C)(C)C. The first kappa shape index (κ1) is 28.0. The van der Waals surface area contributed by atoms with Crippen molar-refractivity contribution in [1.82, 2.24) is 19.4 Å². The van der Waals surface area contributed by atoms with Gasteiger partial charge in [0.05, 0.1) is 11.4 Å². The van der Waals surface area contributed by atoms with Gasteiger partial charge in [-0.05, 0) is 51.5 Å². The normalized spacial score (nSPS) is 12.6. The summed E-state index contributed by atoms with van der Waals surface area (Å²) in [5.74, 6) is -1.88. The topological polar surface area (TPSA) is 131 Å². The number of carboxylic acid groups (broad SMARTS) is 1. The first-order valence-electron chi connectivity index (χ1n) is 10.7. The Morgan fingerprint density at radius 2 is 1.83 bits per heavy atom. The Labute approximate surface area is 204 Å². The zero-order valence-electron chi connectivity index (χ0n) is 20.6. The summed E-state index contributed by atoms with van der Waals surface area (Å²) in [4.78, 5) is 23.5. The molecule has 1 aromatic carbocycles. The van der Waals surface area contributed by atoms with Crippen molar-refractivity contribution < 1.29 is 32.2 Å². The average Bonchev–Trinajstić information content (AvgIpc) is 3.02. The van der Waals surface area contributed by atoms with Gasteiger partial charge in [-0.3, -0.25) is 4.68 Å². The first-order valence-corrected chi connectivity index (χ1v) is 12.2. The Bertz CT molecular complexity index is 1210. The lowest BCUT2D eigenvalue weighted by molar-refractivity contribution is 0.0533. The van der Waals surface area contributed by atoms with Crippen molar-refractivity contribution in [2.24, 2.45) is 0 Å². The minimum Gasteiger partial charge on any atom is -0.476 e. The molecule has 35 heavy (non-hydrogen) atoms. The van der Waals surface area contributed by atoms with Crippen molar-refractivity contribution in [2.45, 2.75) is 51.2 Å². The number of alkyl carbamates (subject to hydrolysis) is 1. The molecule has 2 aromatic rings. The second-order valence-electron chi connectivity index (χ2n) is 9.02. The van der Waals surface area contributed by atoms with Gasteiger partial charge in [-0.1, -0.05) is 12.1 Å². The number of allylic oxidation sites excluding steroid dienone is 1. The Morgan fingerprint density at radius 1 is 1.23 bits per heavy atom. The number of nitrogens with zero attached hydrogens (tertiary/aromatic N) is 3. The zero-order valence-corrected chi connectivity index (χ0v) is 21.4. The van der Waals surface area contributed by atoms with Gasteiger partial charge >= 0.3 is 12.1 Å². The summed E-state index contributed by atoms with van der Waals surface area (Å²) < 4.78 is 46.3. The molecule has 1 aromatic heterocycles. The minimum absolute atomic E-state index is 0.109. The number of carboxylic acids is 1. The lowest BCUT2D eigenvalue weighted by Crippen LogP contribution is -2.32. The van der Waals surface area contributed by atoms with Crippen LogP contribution >= 0.6 is 0 Å². The van der Waals surface area contributed by atoms with Gasteiger partial charge in [0.15, 0.2) is 5.69 Å². The number of aromatic carboxylic acids is 1. The highest BCUT2D eigenvalue weighted by molar-refractivity contribution is 7.89. The van der Waals surface area contributed by atoms with Crippen LogP contribution in [0, 0.1) is 6.92 Å². The van der Waals surface area contributed by atoms with Crippen LogP contribution in [-0.4, -0.2) is 65.9 Å². The summed E-state index contributed by atoms with van der Waals surface area (Å²) in [5, 5.41) is 16.0. The van der Waals surface area contributed by atoms with Crippen molar-refractivity contribution in [3.63, 3.8) is 0 Å². The van der Waals surface area contributed by atoms with Gasteiger partial charge in [0.25, 0.3) is 0 Å². The van der Waals surface area contributed by atoms with Crippen LogP contribution in [-0.2, 0) is 27.7 Å². The minimum atomic E-state index is -3.59. The highest BCUT2D eigenvalue weighted by Crippen LogP contribution is 2.22. The number of nitrogens with one attached hydrogen (secondary N) is 1. The second kappa shape index (κ2) is 11.0. The molecule has 0 aliphatic rings. The van der Waals surface area contributed by atoms with E-state index in [1.807, 2.05) is 0 Å². The van der Waals surface area contributed by atoms with Crippen molar-refractivity contribution in [2.75, 3.05) is 20.6 Å². The number of hydrogen-bond acceptors (Lipinski definition) is 6. The van der Waals surface area contributed by atoms with Crippen LogP contribution in [0.5, 0.6) is 0 Å². The number of carbonyl (C=O) groups is 2. The van der Waals surface area contributed by atoms with Gasteiger partial charge in [-0.25, -0.2) is 26.7 Å². The van der Waals surface area contributed by atoms with E-state index in [9.17, 15) is 27.5 Å². The molecule has 192 valence electrons. The number of amides is 1. The van der Waals surface area contributed by atoms with E-state index >= 15 is 0 Å². The van der Waals surface area contributed by atoms with E-state index in [1.54, 1.807) is 39.8 Å². The molecule has 0 aliphatic heterocycles. The molecule has 0 aliphatic carbocycles. The van der Waals surface area contributed by atoms with Gasteiger partial charge in [-0.15, -0.1) is 0 Å². The number of sulfonamides is 1. The molecule has 1 heterocycles. The van der Waals surface area contributed by atoms with E-state index < -0.39 is 33.5 Å². The summed E-state index contributed by atoms with van der Waals surface area (Å²) in [6.45, 7) is 6.33. The molecular weight excluding hydrogens is 479 g/mol. The van der Waals surface area contributed by atoms with Crippen LogP contribution in [0.3, 0.4) is 0 Å². The van der Waals surface area contributed by atoms with Crippen LogP contribution in [0.15, 0.2) is 41.1 Å². The highest BCUT2D eigenvalue weighted by Gasteiger charge is 2.22. The number of carbonyl (C=O) groups excluding carboxylic acids is 1. The zero-order chi connectivity index (χ0) is 26.6. The third kappa shape index (κ3) is 7.62. The lowest BCUT2D eigenvalue weighted by Gasteiger charge is -2.19. The van der Waals surface area contributed by atoms with Crippen molar-refractivity contribution >= 4 is 22.1 Å². The van der Waals surface area contributed by atoms with Gasteiger partial charge in [0.1, 0.15) is 11.4 Å². The quantitative estimate of drug-likeness (QED) is 0.530. The first-order chi connectivity index (χ1) is 16.1. The lowest BCUT2D eigenvalue weighted by atomic mass is 10.0. The third-order valence-electron chi connectivity index (χ3n) is 4.89. The number of rotatable bonds is 9. The number of halogens is 1. The molecular formula is C23H31FN4O6S. The number of hydrogen-bond donors (Lipinski definition) is 2. The van der Waals surface area contributed by atoms with E-state index in [2.05, 4.69) is 10.4 Å². The second-order valence-corrected chi connectivity index (χ2v) is 11.2. The fourth-order valence-electron chi connectivity index (χ4n) is 3.08. The molecule has 0 unspecified atom stereocenters. The number of aromatic nitrogens is 2. The molecule has 10 nitrogen and oxygen atoms in total. The molecule has 0 bridgehead atoms. The third-order valence-corrected chi connectivity index (χ3v) is 6.71. The molecule has 1 amide bonds. The fourth-order valence-corrected chi connectivity index (χ4v) is 3.98. The van der Waals surface area contributed by atoms with E-state index in [0.29, 0.717) is 16.8 Å². The molecule has 0 atom stereocenters. The van der Waals surface area contributed by atoms with Gasteiger partial charge in [0.2, 0.25) is 10.0 Å². The maximum Gasteiger partial charge on any atom is 0.407 e. The van der Waals surface area contributed by atoms with Gasteiger partial charge in [0, 0.05) is 38.3 Å². The maximum absolute atomic E-state index is 14.4. The van der Waals surface area contributed by atoms with Crippen LogP contribution < -0.4 is 5.32 Å². The van der Waals surface area contributed by atoms with E-state index in [4.69, 9.17) is 4.74 Å². The summed E-state index contributed by atoms with van der Waals surface area (Å²) in [6.07, 6.45) is 0.632. The molecule has 0 saturated carbocycles. The summed E-state index contributed by atoms with van der Waals surface area (Å²) >= 11 is 0. The molecule has 12 heteroatoms. The van der Waals surface area contributed by atoms with Crippen LogP contribution in [0.4, 0.5) is 9.18 Å². The van der Waals surface area contributed by atoms with Gasteiger partial charge < -0.3 is 15.2 Å².